The van der Waals surface area contributed by atoms with Crippen LogP contribution in [0.5, 0.6) is 0 Å². The molecule has 1 fully saturated rings. The monoisotopic (exact) mass is 343 g/mol. The molecule has 0 radical (unpaired) electrons. The number of amides is 1. The molecule has 0 spiro atoms. The van der Waals surface area contributed by atoms with E-state index in [4.69, 9.17) is 23.2 Å². The first-order valence-electron chi connectivity index (χ1n) is 7.30. The number of rotatable bonds is 4. The number of carbonyl (C=O) groups excluding carboxylic acids is 2. The molecule has 1 aliphatic rings. The first-order valence-corrected chi connectivity index (χ1v) is 8.06. The van der Waals surface area contributed by atoms with Crippen molar-refractivity contribution in [1.29, 1.82) is 0 Å². The van der Waals surface area contributed by atoms with E-state index >= 15 is 0 Å². The van der Waals surface area contributed by atoms with Gasteiger partial charge in [-0.1, -0.05) is 30.1 Å². The van der Waals surface area contributed by atoms with Crippen LogP contribution in [0.4, 0.5) is 0 Å². The zero-order valence-corrected chi connectivity index (χ0v) is 13.8. The topological polar surface area (TPSA) is 66.4 Å². The van der Waals surface area contributed by atoms with E-state index in [1.165, 1.54) is 0 Å². The van der Waals surface area contributed by atoms with Crippen LogP contribution in [-0.2, 0) is 9.59 Å². The highest BCUT2D eigenvalue weighted by molar-refractivity contribution is 6.34. The second-order valence-corrected chi connectivity index (χ2v) is 6.70. The number of aliphatic hydroxyl groups excluding tert-OH is 1. The van der Waals surface area contributed by atoms with Crippen molar-refractivity contribution in [3.8, 4) is 0 Å². The van der Waals surface area contributed by atoms with Crippen LogP contribution in [-0.4, -0.2) is 23.3 Å². The third-order valence-electron chi connectivity index (χ3n) is 4.05. The summed E-state index contributed by atoms with van der Waals surface area (Å²) in [5, 5.41) is 13.8. The first-order chi connectivity index (χ1) is 10.4. The van der Waals surface area contributed by atoms with Gasteiger partial charge in [-0.3, -0.25) is 9.59 Å². The van der Waals surface area contributed by atoms with Gasteiger partial charge < -0.3 is 10.4 Å². The van der Waals surface area contributed by atoms with Gasteiger partial charge in [0.1, 0.15) is 5.78 Å². The van der Waals surface area contributed by atoms with Crippen molar-refractivity contribution in [2.45, 2.75) is 32.3 Å². The molecule has 4 nitrogen and oxygen atoms in total. The maximum absolute atomic E-state index is 12.2. The van der Waals surface area contributed by atoms with Crippen molar-refractivity contribution < 1.29 is 14.7 Å². The zero-order chi connectivity index (χ0) is 16.3. The molecule has 1 amide bonds. The van der Waals surface area contributed by atoms with Crippen molar-refractivity contribution in [3.05, 3.63) is 33.8 Å². The first kappa shape index (κ1) is 17.3. The average Bonchev–Trinajstić information content (AvgIpc) is 2.43. The Labute approximate surface area is 139 Å². The van der Waals surface area contributed by atoms with Gasteiger partial charge in [0.15, 0.2) is 0 Å². The van der Waals surface area contributed by atoms with E-state index in [0.717, 1.165) is 0 Å². The minimum Gasteiger partial charge on any atom is -0.387 e. The van der Waals surface area contributed by atoms with Gasteiger partial charge >= 0.3 is 0 Å². The lowest BCUT2D eigenvalue weighted by atomic mass is 9.79. The molecule has 0 bridgehead atoms. The fourth-order valence-electron chi connectivity index (χ4n) is 2.81. The lowest BCUT2D eigenvalue weighted by Crippen LogP contribution is -2.39. The largest absolute Gasteiger partial charge is 0.387 e. The van der Waals surface area contributed by atoms with Crippen LogP contribution in [0, 0.1) is 11.8 Å². The highest BCUT2D eigenvalue weighted by atomic mass is 35.5. The van der Waals surface area contributed by atoms with Crippen molar-refractivity contribution >= 4 is 34.9 Å². The standard InChI is InChI=1S/C16H19Cl2NO3/c1-9-4-13(20)2-3-14(9)16(22)19-8-15(21)10-5-11(17)7-12(18)6-10/h5-7,9,14-15,21H,2-4,8H2,1H3,(H,19,22). The Morgan fingerprint density at radius 2 is 2.00 bits per heavy atom. The third-order valence-corrected chi connectivity index (χ3v) is 4.48. The number of ketones is 1. The van der Waals surface area contributed by atoms with Crippen LogP contribution in [0.25, 0.3) is 0 Å². The van der Waals surface area contributed by atoms with Gasteiger partial charge in [0.2, 0.25) is 5.91 Å². The maximum atomic E-state index is 12.2. The number of halogens is 2. The SMILES string of the molecule is CC1CC(=O)CCC1C(=O)NCC(O)c1cc(Cl)cc(Cl)c1. The molecule has 0 saturated heterocycles. The number of aliphatic hydroxyl groups is 1. The molecule has 0 aromatic heterocycles. The normalized spacial score (nSPS) is 23.2. The fourth-order valence-corrected chi connectivity index (χ4v) is 3.35. The Kier molecular flexibility index (Phi) is 5.84. The van der Waals surface area contributed by atoms with Crippen LogP contribution >= 0.6 is 23.2 Å². The fraction of sp³-hybridized carbons (Fsp3) is 0.500. The van der Waals surface area contributed by atoms with Crippen LogP contribution in [0.3, 0.4) is 0 Å². The van der Waals surface area contributed by atoms with E-state index in [1.807, 2.05) is 6.92 Å². The van der Waals surface area contributed by atoms with Crippen LogP contribution in [0.2, 0.25) is 10.0 Å². The van der Waals surface area contributed by atoms with Crippen LogP contribution in [0.1, 0.15) is 37.9 Å². The molecular formula is C16H19Cl2NO3. The van der Waals surface area contributed by atoms with Gasteiger partial charge in [-0.2, -0.15) is 0 Å². The van der Waals surface area contributed by atoms with Gasteiger partial charge in [0.05, 0.1) is 6.10 Å². The third kappa shape index (κ3) is 4.45. The number of hydrogen-bond donors (Lipinski definition) is 2. The van der Waals surface area contributed by atoms with E-state index in [-0.39, 0.29) is 30.1 Å². The van der Waals surface area contributed by atoms with E-state index in [0.29, 0.717) is 34.9 Å². The molecular weight excluding hydrogens is 325 g/mol. The predicted molar refractivity (Wildman–Crippen MR) is 85.9 cm³/mol. The van der Waals surface area contributed by atoms with Gasteiger partial charge in [0, 0.05) is 35.3 Å². The lowest BCUT2D eigenvalue weighted by molar-refractivity contribution is -0.131. The number of nitrogens with one attached hydrogen (secondary N) is 1. The zero-order valence-electron chi connectivity index (χ0n) is 12.3. The van der Waals surface area contributed by atoms with E-state index < -0.39 is 6.10 Å². The van der Waals surface area contributed by atoms with Crippen molar-refractivity contribution in [2.75, 3.05) is 6.54 Å². The number of benzene rings is 1. The Hall–Kier alpha value is -1.10. The van der Waals surface area contributed by atoms with E-state index in [1.54, 1.807) is 18.2 Å². The Bertz CT molecular complexity index is 556. The molecule has 6 heteroatoms. The van der Waals surface area contributed by atoms with E-state index in [2.05, 4.69) is 5.32 Å². The Balaban J connectivity index is 1.91. The molecule has 0 aliphatic heterocycles. The summed E-state index contributed by atoms with van der Waals surface area (Å²) < 4.78 is 0. The number of carbonyl (C=O) groups is 2. The maximum Gasteiger partial charge on any atom is 0.223 e. The summed E-state index contributed by atoms with van der Waals surface area (Å²) in [6.07, 6.45) is 0.602. The molecule has 22 heavy (non-hydrogen) atoms. The van der Waals surface area contributed by atoms with E-state index in [9.17, 15) is 14.7 Å². The second-order valence-electron chi connectivity index (χ2n) is 5.83. The molecule has 1 aliphatic carbocycles. The predicted octanol–water partition coefficient (Wildman–Crippen LogP) is 3.15. The molecule has 1 saturated carbocycles. The summed E-state index contributed by atoms with van der Waals surface area (Å²) in [5.41, 5.74) is 0.560. The van der Waals surface area contributed by atoms with Gasteiger partial charge in [-0.15, -0.1) is 0 Å². The minimum absolute atomic E-state index is 0.0407. The summed E-state index contributed by atoms with van der Waals surface area (Å²) >= 11 is 11.8. The molecule has 2 rings (SSSR count). The summed E-state index contributed by atoms with van der Waals surface area (Å²) in [5.74, 6) is -0.0378. The molecule has 3 atom stereocenters. The summed E-state index contributed by atoms with van der Waals surface area (Å²) in [7, 11) is 0. The number of hydrogen-bond acceptors (Lipinski definition) is 3. The number of Topliss-reactive ketones (excluding diaryl/α,β-unsaturated/α-hetero) is 1. The highest BCUT2D eigenvalue weighted by Gasteiger charge is 2.31. The molecule has 120 valence electrons. The van der Waals surface area contributed by atoms with Gasteiger partial charge in [-0.25, -0.2) is 0 Å². The second kappa shape index (κ2) is 7.44. The molecule has 1 aromatic rings. The highest BCUT2D eigenvalue weighted by Crippen LogP contribution is 2.28. The minimum atomic E-state index is -0.874. The Morgan fingerprint density at radius 1 is 1.36 bits per heavy atom. The smallest absolute Gasteiger partial charge is 0.223 e. The van der Waals surface area contributed by atoms with Crippen molar-refractivity contribution in [2.24, 2.45) is 11.8 Å². The average molecular weight is 344 g/mol. The quantitative estimate of drug-likeness (QED) is 0.882. The molecule has 3 unspecified atom stereocenters. The molecule has 1 aromatic carbocycles. The lowest BCUT2D eigenvalue weighted by Gasteiger charge is -2.27. The molecule has 0 heterocycles. The van der Waals surface area contributed by atoms with Crippen LogP contribution in [0.15, 0.2) is 18.2 Å². The van der Waals surface area contributed by atoms with Crippen LogP contribution < -0.4 is 5.32 Å². The van der Waals surface area contributed by atoms with Crippen molar-refractivity contribution in [1.82, 2.24) is 5.32 Å². The Morgan fingerprint density at radius 3 is 2.59 bits per heavy atom. The van der Waals surface area contributed by atoms with Crippen molar-refractivity contribution in [3.63, 3.8) is 0 Å². The molecule has 2 N–H and O–H groups in total. The van der Waals surface area contributed by atoms with Gasteiger partial charge in [-0.05, 0) is 36.1 Å². The van der Waals surface area contributed by atoms with Gasteiger partial charge in [0.25, 0.3) is 0 Å². The summed E-state index contributed by atoms with van der Waals surface area (Å²) in [6, 6.07) is 4.82. The summed E-state index contributed by atoms with van der Waals surface area (Å²) in [4.78, 5) is 23.6. The summed E-state index contributed by atoms with van der Waals surface area (Å²) in [6.45, 7) is 2.00.